The second kappa shape index (κ2) is 16.8. The number of carbonyl (C=O) groups excluding carboxylic acids is 1. The Labute approximate surface area is 286 Å². The number of aliphatic hydroxyl groups is 1. The molecule has 0 spiro atoms. The average Bonchev–Trinajstić information content (AvgIpc) is 3.15. The van der Waals surface area contributed by atoms with E-state index in [0.717, 1.165) is 28.5 Å². The molecule has 0 bridgehead atoms. The van der Waals surface area contributed by atoms with Gasteiger partial charge in [-0.3, -0.25) is 4.79 Å². The van der Waals surface area contributed by atoms with Gasteiger partial charge in [-0.25, -0.2) is 0 Å². The van der Waals surface area contributed by atoms with Crippen LogP contribution in [0, 0.1) is 0 Å². The van der Waals surface area contributed by atoms with Gasteiger partial charge in [-0.2, -0.15) is 0 Å². The van der Waals surface area contributed by atoms with Crippen LogP contribution in [0.1, 0.15) is 38.2 Å². The summed E-state index contributed by atoms with van der Waals surface area (Å²) in [6.07, 6.45) is -1.32. The van der Waals surface area contributed by atoms with E-state index in [-0.39, 0.29) is 25.1 Å². The highest BCUT2D eigenvalue weighted by molar-refractivity contribution is 8.00. The molecule has 1 fully saturated rings. The van der Waals surface area contributed by atoms with E-state index in [2.05, 4.69) is 0 Å². The first-order chi connectivity index (χ1) is 23.6. The average molecular weight is 661 g/mol. The van der Waals surface area contributed by atoms with Crippen LogP contribution in [-0.2, 0) is 50.3 Å². The van der Waals surface area contributed by atoms with Gasteiger partial charge in [0.15, 0.2) is 4.93 Å². The maximum atomic E-state index is 12.9. The van der Waals surface area contributed by atoms with Crippen LogP contribution in [-0.4, -0.2) is 41.6 Å². The van der Waals surface area contributed by atoms with Crippen molar-refractivity contribution in [2.45, 2.75) is 54.9 Å². The van der Waals surface area contributed by atoms with Gasteiger partial charge in [0, 0.05) is 5.56 Å². The molecule has 0 aliphatic carbocycles. The van der Waals surface area contributed by atoms with Crippen molar-refractivity contribution in [2.24, 2.45) is 0 Å². The van der Waals surface area contributed by atoms with Crippen molar-refractivity contribution in [1.82, 2.24) is 0 Å². The molecule has 1 aliphatic rings. The lowest BCUT2D eigenvalue weighted by Gasteiger charge is -2.50. The Bertz CT molecular complexity index is 1690. The van der Waals surface area contributed by atoms with Crippen LogP contribution >= 0.6 is 11.8 Å². The third-order valence-electron chi connectivity index (χ3n) is 8.38. The molecule has 1 unspecified atom stereocenters. The topological polar surface area (TPSA) is 74.2 Å². The Morgan fingerprint density at radius 2 is 1.06 bits per heavy atom. The molecule has 1 aliphatic heterocycles. The lowest BCUT2D eigenvalue weighted by molar-refractivity contribution is -0.199. The van der Waals surface area contributed by atoms with E-state index in [1.54, 1.807) is 18.2 Å². The SMILES string of the molecule is O=Cc1cccc(C2(O)S[C@H](COCc3ccccc3)[C@@H](OCc3ccccc3)[C@H](OCc3ccccc3)[C@H]2OCc2ccccc2)c1. The second-order valence-corrected chi connectivity index (χ2v) is 13.3. The first-order valence-electron chi connectivity index (χ1n) is 16.2. The fraction of sp³-hybridized carbons (Fsp3) is 0.244. The summed E-state index contributed by atoms with van der Waals surface area (Å²) in [5.74, 6) is 0. The van der Waals surface area contributed by atoms with Crippen molar-refractivity contribution in [1.29, 1.82) is 0 Å². The molecule has 5 atom stereocenters. The number of rotatable bonds is 15. The monoisotopic (exact) mass is 660 g/mol. The second-order valence-electron chi connectivity index (χ2n) is 11.8. The molecule has 0 aromatic heterocycles. The third kappa shape index (κ3) is 8.68. The minimum Gasteiger partial charge on any atom is -0.376 e. The number of carbonyl (C=O) groups is 1. The molecule has 6 nitrogen and oxygen atoms in total. The zero-order valence-corrected chi connectivity index (χ0v) is 27.5. The van der Waals surface area contributed by atoms with Gasteiger partial charge in [0.05, 0.1) is 38.3 Å². The van der Waals surface area contributed by atoms with E-state index in [0.29, 0.717) is 24.3 Å². The summed E-state index contributed by atoms with van der Waals surface area (Å²) in [5.41, 5.74) is 5.04. The van der Waals surface area contributed by atoms with Gasteiger partial charge in [-0.15, -0.1) is 11.8 Å². The number of aldehydes is 1. The summed E-state index contributed by atoms with van der Waals surface area (Å²) >= 11 is 1.34. The first-order valence-corrected chi connectivity index (χ1v) is 17.0. The van der Waals surface area contributed by atoms with Crippen LogP contribution < -0.4 is 0 Å². The van der Waals surface area contributed by atoms with E-state index in [9.17, 15) is 9.90 Å². The lowest BCUT2D eigenvalue weighted by atomic mass is 9.92. The molecule has 0 amide bonds. The highest BCUT2D eigenvalue weighted by Crippen LogP contribution is 2.50. The standard InChI is InChI=1S/C41H40O6S/c42-25-35-22-13-23-36(24-35)41(43)40(47-29-34-20-11-4-12-21-34)39(46-28-33-18-9-3-10-19-33)38(45-27-32-16-7-2-8-17-32)37(48-41)30-44-26-31-14-5-1-6-15-31/h1-25,37-40,43H,26-30H2/t37-,38-,39+,40-,41?/m1/s1. The van der Waals surface area contributed by atoms with Crippen LogP contribution in [0.4, 0.5) is 0 Å². The number of thioether (sulfide) groups is 1. The number of ether oxygens (including phenoxy) is 4. The van der Waals surface area contributed by atoms with Gasteiger partial charge in [0.1, 0.15) is 24.6 Å². The molecule has 7 heteroatoms. The molecule has 6 rings (SSSR count). The fourth-order valence-electron chi connectivity index (χ4n) is 5.92. The van der Waals surface area contributed by atoms with Crippen LogP contribution in [0.25, 0.3) is 0 Å². The van der Waals surface area contributed by atoms with E-state index < -0.39 is 23.2 Å². The molecular weight excluding hydrogens is 621 g/mol. The van der Waals surface area contributed by atoms with Gasteiger partial charge in [0.2, 0.25) is 0 Å². The molecule has 48 heavy (non-hydrogen) atoms. The van der Waals surface area contributed by atoms with Crippen molar-refractivity contribution in [3.63, 3.8) is 0 Å². The van der Waals surface area contributed by atoms with Crippen LogP contribution in [0.2, 0.25) is 0 Å². The molecule has 5 aromatic carbocycles. The van der Waals surface area contributed by atoms with Gasteiger partial charge in [-0.1, -0.05) is 140 Å². The predicted molar refractivity (Wildman–Crippen MR) is 188 cm³/mol. The van der Waals surface area contributed by atoms with Gasteiger partial charge < -0.3 is 24.1 Å². The van der Waals surface area contributed by atoms with Crippen molar-refractivity contribution in [3.05, 3.63) is 179 Å². The predicted octanol–water partition coefficient (Wildman–Crippen LogP) is 7.73. The smallest absolute Gasteiger partial charge is 0.165 e. The molecule has 1 N–H and O–H groups in total. The van der Waals surface area contributed by atoms with E-state index in [4.69, 9.17) is 18.9 Å². The Morgan fingerprint density at radius 1 is 0.583 bits per heavy atom. The first kappa shape index (κ1) is 33.8. The van der Waals surface area contributed by atoms with Gasteiger partial charge in [-0.05, 0) is 33.9 Å². The summed E-state index contributed by atoms with van der Waals surface area (Å²) in [6.45, 7) is 1.57. The Balaban J connectivity index is 1.39. The molecule has 0 radical (unpaired) electrons. The fourth-order valence-corrected chi connectivity index (χ4v) is 7.51. The Morgan fingerprint density at radius 3 is 1.58 bits per heavy atom. The zero-order valence-electron chi connectivity index (χ0n) is 26.7. The summed E-state index contributed by atoms with van der Waals surface area (Å²) in [4.78, 5) is 10.3. The van der Waals surface area contributed by atoms with Crippen molar-refractivity contribution >= 4 is 18.0 Å². The molecular formula is C41H40O6S. The molecule has 1 saturated heterocycles. The van der Waals surface area contributed by atoms with Crippen LogP contribution in [0.5, 0.6) is 0 Å². The summed E-state index contributed by atoms with van der Waals surface area (Å²) in [7, 11) is 0. The molecule has 0 saturated carbocycles. The third-order valence-corrected chi connectivity index (χ3v) is 9.91. The molecule has 1 heterocycles. The summed E-state index contributed by atoms with van der Waals surface area (Å²) in [5, 5.41) is 12.5. The molecule has 246 valence electrons. The summed E-state index contributed by atoms with van der Waals surface area (Å²) in [6, 6.07) is 46.9. The largest absolute Gasteiger partial charge is 0.376 e. The van der Waals surface area contributed by atoms with E-state index >= 15 is 0 Å². The Kier molecular flexibility index (Phi) is 11.9. The number of benzene rings is 5. The minimum atomic E-state index is -1.61. The lowest BCUT2D eigenvalue weighted by Crippen LogP contribution is -2.61. The van der Waals surface area contributed by atoms with Crippen molar-refractivity contribution in [3.8, 4) is 0 Å². The maximum Gasteiger partial charge on any atom is 0.165 e. The van der Waals surface area contributed by atoms with Crippen molar-refractivity contribution in [2.75, 3.05) is 6.61 Å². The van der Waals surface area contributed by atoms with Gasteiger partial charge in [0.25, 0.3) is 0 Å². The quantitative estimate of drug-likeness (QED) is 0.115. The number of hydrogen-bond acceptors (Lipinski definition) is 7. The zero-order chi connectivity index (χ0) is 33.0. The minimum absolute atomic E-state index is 0.244. The van der Waals surface area contributed by atoms with E-state index in [1.165, 1.54) is 11.8 Å². The van der Waals surface area contributed by atoms with Gasteiger partial charge >= 0.3 is 0 Å². The summed E-state index contributed by atoms with van der Waals surface area (Å²) < 4.78 is 26.6. The van der Waals surface area contributed by atoms with Crippen molar-refractivity contribution < 1.29 is 28.8 Å². The van der Waals surface area contributed by atoms with Crippen LogP contribution in [0.15, 0.2) is 146 Å². The highest BCUT2D eigenvalue weighted by Gasteiger charge is 2.56. The molecule has 5 aromatic rings. The van der Waals surface area contributed by atoms with Crippen LogP contribution in [0.3, 0.4) is 0 Å². The normalized spacial score (nSPS) is 22.3. The van der Waals surface area contributed by atoms with E-state index in [1.807, 2.05) is 127 Å². The Hall–Kier alpha value is -4.08. The number of hydrogen-bond donors (Lipinski definition) is 1. The highest BCUT2D eigenvalue weighted by atomic mass is 32.2. The maximum absolute atomic E-state index is 12.9.